The van der Waals surface area contributed by atoms with E-state index in [4.69, 9.17) is 24.4 Å². The lowest BCUT2D eigenvalue weighted by Crippen LogP contribution is -2.35. The van der Waals surface area contributed by atoms with Gasteiger partial charge in [-0.25, -0.2) is 9.78 Å². The summed E-state index contributed by atoms with van der Waals surface area (Å²) in [5, 5.41) is 20.9. The van der Waals surface area contributed by atoms with E-state index in [0.29, 0.717) is 84.0 Å². The first-order chi connectivity index (χ1) is 36.4. The fourth-order valence-corrected chi connectivity index (χ4v) is 13.7. The molecule has 0 saturated carbocycles. The minimum absolute atomic E-state index is 0.0188. The number of rotatable bonds is 2. The third-order valence-corrected chi connectivity index (χ3v) is 17.1. The van der Waals surface area contributed by atoms with Crippen molar-refractivity contribution in [2.75, 3.05) is 26.9 Å². The molecule has 3 aromatic heterocycles. The number of aromatic carboxylic acids is 1. The zero-order valence-electron chi connectivity index (χ0n) is 48.5. The first-order valence-electron chi connectivity index (χ1n) is 28.2. The number of carboxylic acid groups (broad SMARTS) is 1. The highest BCUT2D eigenvalue weighted by atomic mass is 16.5. The summed E-state index contributed by atoms with van der Waals surface area (Å²) in [5.41, 5.74) is 14.0. The lowest BCUT2D eigenvalue weighted by Gasteiger charge is -2.28. The van der Waals surface area contributed by atoms with Crippen LogP contribution < -0.4 is 5.32 Å². The van der Waals surface area contributed by atoms with Crippen LogP contribution in [0.1, 0.15) is 225 Å². The number of pyridine rings is 2. The number of ether oxygens (including phenoxy) is 3. The normalized spacial score (nSPS) is 29.8. The Kier molecular flexibility index (Phi) is 18.9. The van der Waals surface area contributed by atoms with E-state index in [9.17, 15) is 19.2 Å². The quantitative estimate of drug-likeness (QED) is 0.219. The molecule has 15 heteroatoms. The van der Waals surface area contributed by atoms with Crippen LogP contribution in [0.4, 0.5) is 0 Å². The minimum atomic E-state index is -0.937. The SMILES string of the molecule is CC1CC(C)C2=C1CC(=O)CO2.CC1CC(C)C2=C1NC(=O)CO2.CC1CC(C)C2=C1OCC(=O)N2C.CC1CC(C)c2nccnc21.Cc1cc(C(=O)O)nc2c1C(C)CC2C.Cc1cc(CO)nc2c1C(C)CC2C. The number of amides is 2. The van der Waals surface area contributed by atoms with Gasteiger partial charge in [0.15, 0.2) is 19.0 Å². The van der Waals surface area contributed by atoms with Gasteiger partial charge in [0.1, 0.15) is 23.8 Å². The summed E-state index contributed by atoms with van der Waals surface area (Å²) >= 11 is 0. The van der Waals surface area contributed by atoms with Gasteiger partial charge < -0.3 is 34.6 Å². The number of allylic oxidation sites excluding steroid dienone is 6. The monoisotopic (exact) mass is 1060 g/mol. The van der Waals surface area contributed by atoms with Crippen LogP contribution in [0.25, 0.3) is 0 Å². The molecule has 6 heterocycles. The molecule has 12 atom stereocenters. The van der Waals surface area contributed by atoms with E-state index < -0.39 is 5.97 Å². The van der Waals surface area contributed by atoms with Crippen LogP contribution in [-0.2, 0) is 35.2 Å². The molecule has 0 spiro atoms. The van der Waals surface area contributed by atoms with Gasteiger partial charge in [-0.1, -0.05) is 83.1 Å². The molecule has 15 nitrogen and oxygen atoms in total. The molecule has 0 saturated heterocycles. The van der Waals surface area contributed by atoms with Gasteiger partial charge in [0.2, 0.25) is 0 Å². The smallest absolute Gasteiger partial charge is 0.354 e. The van der Waals surface area contributed by atoms with Crippen molar-refractivity contribution in [1.29, 1.82) is 0 Å². The van der Waals surface area contributed by atoms with E-state index >= 15 is 0 Å². The Labute approximate surface area is 457 Å². The molecule has 9 aliphatic rings. The van der Waals surface area contributed by atoms with Crippen molar-refractivity contribution >= 4 is 23.6 Å². The van der Waals surface area contributed by atoms with Crippen LogP contribution in [0.2, 0.25) is 0 Å². The molecule has 12 unspecified atom stereocenters. The number of likely N-dealkylation sites (N-methyl/N-ethyl adjacent to an activating group) is 1. The molecule has 3 aromatic rings. The molecule has 12 rings (SSSR count). The lowest BCUT2D eigenvalue weighted by molar-refractivity contribution is -0.134. The average molecular weight is 1060 g/mol. The van der Waals surface area contributed by atoms with Gasteiger partial charge in [-0.15, -0.1) is 0 Å². The number of nitrogens with one attached hydrogen (secondary N) is 1. The number of hydrogen-bond donors (Lipinski definition) is 3. The Morgan fingerprint density at radius 3 is 1.66 bits per heavy atom. The predicted molar refractivity (Wildman–Crippen MR) is 296 cm³/mol. The molecular formula is C62H86N6O9. The lowest BCUT2D eigenvalue weighted by atomic mass is 9.98. The maximum absolute atomic E-state index is 11.4. The molecule has 418 valence electrons. The molecule has 0 fully saturated rings. The maximum Gasteiger partial charge on any atom is 0.354 e. The van der Waals surface area contributed by atoms with Crippen LogP contribution in [0.15, 0.2) is 58.8 Å². The van der Waals surface area contributed by atoms with Crippen molar-refractivity contribution in [3.05, 3.63) is 115 Å². The van der Waals surface area contributed by atoms with E-state index in [2.05, 4.69) is 115 Å². The number of Topliss-reactive ketones (excluding diaryl/α,β-unsaturated/α-hetero) is 1. The second-order valence-electron chi connectivity index (χ2n) is 23.9. The Balaban J connectivity index is 0.000000135. The zero-order valence-corrected chi connectivity index (χ0v) is 48.5. The van der Waals surface area contributed by atoms with Crippen molar-refractivity contribution in [1.82, 2.24) is 30.2 Å². The highest BCUT2D eigenvalue weighted by Crippen LogP contribution is 2.45. The summed E-state index contributed by atoms with van der Waals surface area (Å²) in [7, 11) is 1.84. The van der Waals surface area contributed by atoms with Crippen molar-refractivity contribution in [2.45, 2.75) is 184 Å². The van der Waals surface area contributed by atoms with Gasteiger partial charge in [0.05, 0.1) is 40.8 Å². The van der Waals surface area contributed by atoms with E-state index in [1.54, 1.807) is 23.4 Å². The molecule has 2 amide bonds. The minimum Gasteiger partial charge on any atom is -0.490 e. The van der Waals surface area contributed by atoms with E-state index in [1.807, 2.05) is 20.0 Å². The summed E-state index contributed by atoms with van der Waals surface area (Å²) in [4.78, 5) is 63.5. The Morgan fingerprint density at radius 2 is 1.06 bits per heavy atom. The van der Waals surface area contributed by atoms with Crippen molar-refractivity contribution in [3.63, 3.8) is 0 Å². The molecule has 0 aromatic carbocycles. The van der Waals surface area contributed by atoms with Crippen molar-refractivity contribution < 1.29 is 43.6 Å². The van der Waals surface area contributed by atoms with Gasteiger partial charge in [-0.3, -0.25) is 29.3 Å². The number of carboxylic acids is 1. The Bertz CT molecular complexity index is 2740. The van der Waals surface area contributed by atoms with Crippen molar-refractivity contribution in [3.8, 4) is 0 Å². The number of ketones is 1. The van der Waals surface area contributed by atoms with Gasteiger partial charge in [0, 0.05) is 78.7 Å². The number of fused-ring (bicyclic) bond motifs is 3. The number of hydrogen-bond acceptors (Lipinski definition) is 12. The molecule has 3 aliphatic heterocycles. The fraction of sp³-hybridized carbons (Fsp3) is 0.613. The highest BCUT2D eigenvalue weighted by Gasteiger charge is 2.38. The van der Waals surface area contributed by atoms with Gasteiger partial charge in [-0.05, 0) is 122 Å². The summed E-state index contributed by atoms with van der Waals surface area (Å²) in [6.45, 7) is 31.0. The van der Waals surface area contributed by atoms with Gasteiger partial charge in [-0.2, -0.15) is 0 Å². The van der Waals surface area contributed by atoms with Gasteiger partial charge >= 0.3 is 5.97 Å². The number of nitrogens with zero attached hydrogens (tertiary/aromatic N) is 5. The van der Waals surface area contributed by atoms with E-state index in [-0.39, 0.29) is 43.1 Å². The number of aliphatic hydroxyl groups is 1. The Hall–Kier alpha value is -5.96. The van der Waals surface area contributed by atoms with Gasteiger partial charge in [0.25, 0.3) is 11.8 Å². The third-order valence-electron chi connectivity index (χ3n) is 17.1. The summed E-state index contributed by atoms with van der Waals surface area (Å²) in [6.07, 6.45) is 11.0. The maximum atomic E-state index is 11.4. The summed E-state index contributed by atoms with van der Waals surface area (Å²) in [6, 6.07) is 3.68. The predicted octanol–water partition coefficient (Wildman–Crippen LogP) is 11.6. The number of carbonyl (C=O) groups is 4. The highest BCUT2D eigenvalue weighted by molar-refractivity contribution is 5.86. The van der Waals surface area contributed by atoms with Crippen LogP contribution >= 0.6 is 0 Å². The number of carbonyl (C=O) groups excluding carboxylic acids is 3. The van der Waals surface area contributed by atoms with Crippen LogP contribution in [0.3, 0.4) is 0 Å². The molecule has 6 aliphatic carbocycles. The second-order valence-corrected chi connectivity index (χ2v) is 23.9. The first-order valence-corrected chi connectivity index (χ1v) is 28.2. The topological polar surface area (TPSA) is 203 Å². The largest absolute Gasteiger partial charge is 0.490 e. The van der Waals surface area contributed by atoms with E-state index in [0.717, 1.165) is 71.3 Å². The first kappa shape index (κ1) is 58.7. The Morgan fingerprint density at radius 1 is 0.584 bits per heavy atom. The second kappa shape index (κ2) is 24.8. The summed E-state index contributed by atoms with van der Waals surface area (Å²) in [5.74, 6) is 8.69. The van der Waals surface area contributed by atoms with E-state index in [1.165, 1.54) is 52.2 Å². The molecule has 0 bridgehead atoms. The number of aryl methyl sites for hydroxylation is 2. The molecular weight excluding hydrogens is 973 g/mol. The fourth-order valence-electron chi connectivity index (χ4n) is 13.7. The van der Waals surface area contributed by atoms with Crippen LogP contribution in [0.5, 0.6) is 0 Å². The third kappa shape index (κ3) is 13.0. The summed E-state index contributed by atoms with van der Waals surface area (Å²) < 4.78 is 16.2. The average Bonchev–Trinajstić information content (AvgIpc) is 4.19. The molecule has 77 heavy (non-hydrogen) atoms. The molecule has 3 N–H and O–H groups in total. The number of aliphatic hydroxyl groups excluding tert-OH is 1. The van der Waals surface area contributed by atoms with Crippen molar-refractivity contribution in [2.24, 2.45) is 35.5 Å². The zero-order chi connectivity index (χ0) is 56.3. The molecule has 0 radical (unpaired) electrons. The number of aromatic nitrogens is 4. The van der Waals surface area contributed by atoms with Crippen LogP contribution in [0, 0.1) is 49.4 Å². The van der Waals surface area contributed by atoms with Crippen LogP contribution in [-0.4, -0.2) is 85.5 Å². The standard InChI is InChI=1S/C12H15NO2.C12H17NO.C10H15NO2.C10H14O2.C9H12N2.C9H13NO2/c1-6-4-8(3)11-10(6)7(2)5-9(13-11)12(14)15;1-7-4-9(3)12-11(7)8(2)5-10(6-14)13-12;1-6-4-7(2)10-9(6)11(3)8(12)5-13-10;1-6-3-7(2)10-9(6)4-8(11)5-12-10;1-6-5-7(2)9-8(6)10-3-4-11-9;1-5-3-6(2)9-8(5)10-7(11)4-12-9/h5-6,8H,4H2,1-3H3,(H,14,15);5,7,9,14H,4,6H2,1-3H3;6-7H,4-5H2,1-3H3;6-7H,3-5H2,1-2H3;3-4,6-7H,5H2,1-2H3;5-6H,3-4H2,1-2H3,(H,10,11).